The smallest absolute Gasteiger partial charge is 0.120 e. The van der Waals surface area contributed by atoms with Gasteiger partial charge in [-0.2, -0.15) is 0 Å². The van der Waals surface area contributed by atoms with E-state index in [4.69, 9.17) is 37.9 Å². The molecule has 6 aliphatic rings. The van der Waals surface area contributed by atoms with Gasteiger partial charge in [-0.05, 0) is 90.5 Å². The molecule has 0 saturated carbocycles. The highest BCUT2D eigenvalue weighted by molar-refractivity contribution is 5.43. The Balaban J connectivity index is 1.08. The molecule has 6 fully saturated rings. The van der Waals surface area contributed by atoms with Gasteiger partial charge in [0.25, 0.3) is 0 Å². The summed E-state index contributed by atoms with van der Waals surface area (Å²) in [6, 6.07) is 13.6. The first-order valence-electron chi connectivity index (χ1n) is 15.4. The SMILES string of the molecule is c1c(Cc2cc(OCC3CO3)cc(C(CC3CO3)CC3CO3)c2)cc(C(CC2CO2)CC2CO2)cc1OCC1CO1. The number of epoxide rings is 6. The highest BCUT2D eigenvalue weighted by Gasteiger charge is 2.35. The second-order valence-electron chi connectivity index (χ2n) is 12.7. The molecule has 41 heavy (non-hydrogen) atoms. The molecule has 6 atom stereocenters. The van der Waals surface area contributed by atoms with Crippen molar-refractivity contribution in [2.75, 3.05) is 52.9 Å². The average molecular weight is 565 g/mol. The molecule has 6 unspecified atom stereocenters. The number of hydrogen-bond donors (Lipinski definition) is 0. The van der Waals surface area contributed by atoms with Gasteiger partial charge in [0, 0.05) is 0 Å². The standard InChI is InChI=1S/C33H40O8/c1(20-2-22(6-26(4-20)34-16-32-18-40-32)24(8-28-12-36-28)9-29-13-37-29)21-3-23(7-27(5-21)35-17-33-19-41-33)25(10-30-14-38-30)11-31-15-39-31/h2-7,24-25,28-33H,1,8-19H2. The minimum absolute atomic E-state index is 0.215. The van der Waals surface area contributed by atoms with Crippen LogP contribution in [0.15, 0.2) is 36.4 Å². The Labute approximate surface area is 241 Å². The molecule has 8 nitrogen and oxygen atoms in total. The zero-order valence-corrected chi connectivity index (χ0v) is 23.5. The van der Waals surface area contributed by atoms with Gasteiger partial charge in [0.05, 0.1) is 64.1 Å². The summed E-state index contributed by atoms with van der Waals surface area (Å²) < 4.78 is 45.9. The van der Waals surface area contributed by atoms with E-state index in [1.165, 1.54) is 22.3 Å². The van der Waals surface area contributed by atoms with Crippen molar-refractivity contribution in [1.82, 2.24) is 0 Å². The van der Waals surface area contributed by atoms with Crippen molar-refractivity contribution in [1.29, 1.82) is 0 Å². The van der Waals surface area contributed by atoms with Gasteiger partial charge in [0.15, 0.2) is 0 Å². The van der Waals surface area contributed by atoms with Crippen LogP contribution in [-0.4, -0.2) is 89.5 Å². The first-order chi connectivity index (χ1) is 20.2. The molecule has 220 valence electrons. The molecule has 0 aromatic heterocycles. The van der Waals surface area contributed by atoms with Crippen LogP contribution in [0.1, 0.15) is 59.8 Å². The maximum absolute atomic E-state index is 6.25. The molecule has 0 bridgehead atoms. The van der Waals surface area contributed by atoms with Gasteiger partial charge in [-0.1, -0.05) is 12.1 Å². The lowest BCUT2D eigenvalue weighted by molar-refractivity contribution is 0.262. The van der Waals surface area contributed by atoms with Gasteiger partial charge < -0.3 is 37.9 Å². The van der Waals surface area contributed by atoms with Crippen LogP contribution in [0, 0.1) is 0 Å². The summed E-state index contributed by atoms with van der Waals surface area (Å²) in [5.74, 6) is 2.61. The van der Waals surface area contributed by atoms with E-state index < -0.39 is 0 Å². The molecule has 2 aromatic rings. The molecule has 0 aliphatic carbocycles. The van der Waals surface area contributed by atoms with Crippen molar-refractivity contribution in [3.8, 4) is 11.5 Å². The Morgan fingerprint density at radius 3 is 1.15 bits per heavy atom. The normalized spacial score (nSPS) is 31.7. The number of hydrogen-bond acceptors (Lipinski definition) is 8. The Morgan fingerprint density at radius 1 is 0.488 bits per heavy atom. The highest BCUT2D eigenvalue weighted by Crippen LogP contribution is 2.39. The van der Waals surface area contributed by atoms with Gasteiger partial charge >= 0.3 is 0 Å². The Morgan fingerprint density at radius 2 is 0.829 bits per heavy atom. The third kappa shape index (κ3) is 8.00. The monoisotopic (exact) mass is 564 g/mol. The Bertz CT molecular complexity index is 1090. The third-order valence-corrected chi connectivity index (χ3v) is 8.80. The maximum Gasteiger partial charge on any atom is 0.120 e. The predicted molar refractivity (Wildman–Crippen MR) is 149 cm³/mol. The molecule has 0 radical (unpaired) electrons. The number of rotatable bonds is 18. The fourth-order valence-electron chi connectivity index (χ4n) is 5.98. The van der Waals surface area contributed by atoms with E-state index in [1.54, 1.807) is 0 Å². The van der Waals surface area contributed by atoms with Crippen LogP contribution in [0.3, 0.4) is 0 Å². The maximum atomic E-state index is 6.25. The minimum Gasteiger partial charge on any atom is -0.491 e. The van der Waals surface area contributed by atoms with Gasteiger partial charge in [0.2, 0.25) is 0 Å². The quantitative estimate of drug-likeness (QED) is 0.249. The molecule has 6 aliphatic heterocycles. The van der Waals surface area contributed by atoms with Crippen LogP contribution in [0.25, 0.3) is 0 Å². The Hall–Kier alpha value is -2.20. The molecule has 6 saturated heterocycles. The summed E-state index contributed by atoms with van der Waals surface area (Å²) in [6.07, 6.45) is 6.79. The van der Waals surface area contributed by atoms with Crippen molar-refractivity contribution in [3.63, 3.8) is 0 Å². The van der Waals surface area contributed by atoms with Gasteiger partial charge in [-0.3, -0.25) is 0 Å². The van der Waals surface area contributed by atoms with Gasteiger partial charge in [-0.25, -0.2) is 0 Å². The summed E-state index contributed by atoms with van der Waals surface area (Å²) >= 11 is 0. The fourth-order valence-corrected chi connectivity index (χ4v) is 5.98. The molecule has 8 rings (SSSR count). The molecule has 6 heterocycles. The zero-order valence-electron chi connectivity index (χ0n) is 23.5. The fraction of sp³-hybridized carbons (Fsp3) is 0.636. The van der Waals surface area contributed by atoms with Crippen LogP contribution in [-0.2, 0) is 34.8 Å². The number of benzene rings is 2. The minimum atomic E-state index is 0.215. The molecular weight excluding hydrogens is 524 g/mol. The lowest BCUT2D eigenvalue weighted by Crippen LogP contribution is -2.10. The first kappa shape index (κ1) is 26.4. The summed E-state index contributed by atoms with van der Waals surface area (Å²) in [7, 11) is 0. The van der Waals surface area contributed by atoms with Crippen LogP contribution >= 0.6 is 0 Å². The van der Waals surface area contributed by atoms with Gasteiger partial charge in [0.1, 0.15) is 36.9 Å². The topological polar surface area (TPSA) is 93.6 Å². The van der Waals surface area contributed by atoms with Crippen LogP contribution in [0.4, 0.5) is 0 Å². The average Bonchev–Trinajstić information content (AvgIpc) is 3.73. The van der Waals surface area contributed by atoms with Crippen LogP contribution in [0.2, 0.25) is 0 Å². The van der Waals surface area contributed by atoms with E-state index in [0.717, 1.165) is 83.2 Å². The van der Waals surface area contributed by atoms with E-state index >= 15 is 0 Å². The first-order valence-corrected chi connectivity index (χ1v) is 15.4. The lowest BCUT2D eigenvalue weighted by Gasteiger charge is -2.20. The van der Waals surface area contributed by atoms with Crippen molar-refractivity contribution in [2.45, 2.75) is 80.6 Å². The highest BCUT2D eigenvalue weighted by atomic mass is 16.6. The molecule has 8 heteroatoms. The molecular formula is C33H40O8. The summed E-state index contributed by atoms with van der Waals surface area (Å²) in [5, 5.41) is 0. The van der Waals surface area contributed by atoms with E-state index in [2.05, 4.69) is 36.4 Å². The number of ether oxygens (including phenoxy) is 8. The molecule has 2 aromatic carbocycles. The second kappa shape index (κ2) is 11.5. The lowest BCUT2D eigenvalue weighted by atomic mass is 9.86. The Kier molecular flexibility index (Phi) is 7.39. The van der Waals surface area contributed by atoms with Gasteiger partial charge in [-0.15, -0.1) is 0 Å². The van der Waals surface area contributed by atoms with E-state index in [0.29, 0.717) is 49.5 Å². The third-order valence-electron chi connectivity index (χ3n) is 8.80. The predicted octanol–water partition coefficient (Wildman–Crippen LogP) is 4.16. The van der Waals surface area contributed by atoms with Crippen molar-refractivity contribution in [3.05, 3.63) is 58.7 Å². The zero-order chi connectivity index (χ0) is 27.2. The molecule has 0 N–H and O–H groups in total. The summed E-state index contributed by atoms with van der Waals surface area (Å²) in [5.41, 5.74) is 5.12. The largest absolute Gasteiger partial charge is 0.491 e. The summed E-state index contributed by atoms with van der Waals surface area (Å²) in [6.45, 7) is 6.22. The second-order valence-corrected chi connectivity index (χ2v) is 12.7. The van der Waals surface area contributed by atoms with Crippen molar-refractivity contribution in [2.24, 2.45) is 0 Å². The van der Waals surface area contributed by atoms with Crippen LogP contribution < -0.4 is 9.47 Å². The summed E-state index contributed by atoms with van der Waals surface area (Å²) in [4.78, 5) is 0. The molecule has 0 amide bonds. The van der Waals surface area contributed by atoms with Crippen molar-refractivity contribution >= 4 is 0 Å². The molecule has 0 spiro atoms. The van der Waals surface area contributed by atoms with Crippen molar-refractivity contribution < 1.29 is 37.9 Å². The van der Waals surface area contributed by atoms with Crippen LogP contribution in [0.5, 0.6) is 11.5 Å². The van der Waals surface area contributed by atoms with E-state index in [9.17, 15) is 0 Å². The van der Waals surface area contributed by atoms with E-state index in [-0.39, 0.29) is 12.2 Å². The van der Waals surface area contributed by atoms with E-state index in [1.807, 2.05) is 0 Å².